The summed E-state index contributed by atoms with van der Waals surface area (Å²) in [5.41, 5.74) is 2.75. The quantitative estimate of drug-likeness (QED) is 0.380. The molecule has 0 radical (unpaired) electrons. The van der Waals surface area contributed by atoms with Crippen molar-refractivity contribution in [3.8, 4) is 0 Å². The van der Waals surface area contributed by atoms with Gasteiger partial charge in [-0.1, -0.05) is 84.4 Å². The highest BCUT2D eigenvalue weighted by Gasteiger charge is 2.31. The van der Waals surface area contributed by atoms with E-state index in [0.29, 0.717) is 18.0 Å². The van der Waals surface area contributed by atoms with Gasteiger partial charge >= 0.3 is 0 Å². The molecule has 9 heteroatoms. The van der Waals surface area contributed by atoms with Gasteiger partial charge in [-0.05, 0) is 35.2 Å². The van der Waals surface area contributed by atoms with Gasteiger partial charge in [0.05, 0.1) is 12.8 Å². The number of carbonyl (C=O) groups excluding carboxylic acids is 2. The minimum Gasteiger partial charge on any atom is -0.354 e. The topological polar surface area (TPSA) is 86.8 Å². The lowest BCUT2D eigenvalue weighted by Gasteiger charge is -2.32. The van der Waals surface area contributed by atoms with Crippen molar-refractivity contribution in [3.05, 3.63) is 107 Å². The molecule has 0 aliphatic rings. The van der Waals surface area contributed by atoms with Gasteiger partial charge in [0.25, 0.3) is 0 Å². The Morgan fingerprint density at radius 3 is 2.00 bits per heavy atom. The van der Waals surface area contributed by atoms with Gasteiger partial charge in [-0.3, -0.25) is 9.59 Å². The van der Waals surface area contributed by atoms with Crippen LogP contribution in [0.4, 0.5) is 0 Å². The second kappa shape index (κ2) is 13.4. The van der Waals surface area contributed by atoms with E-state index in [1.54, 1.807) is 24.3 Å². The Bertz CT molecular complexity index is 1270. The molecule has 3 rings (SSSR count). The molecule has 37 heavy (non-hydrogen) atoms. The van der Waals surface area contributed by atoms with E-state index in [0.717, 1.165) is 27.3 Å². The molecular weight excluding hydrogens is 510 g/mol. The third-order valence-corrected chi connectivity index (χ3v) is 7.53. The summed E-state index contributed by atoms with van der Waals surface area (Å²) in [6, 6.07) is 25.4. The van der Waals surface area contributed by atoms with Crippen molar-refractivity contribution >= 4 is 33.4 Å². The molecule has 0 fully saturated rings. The minimum absolute atomic E-state index is 0.122. The van der Waals surface area contributed by atoms with Crippen LogP contribution in [0.2, 0.25) is 5.02 Å². The molecule has 0 saturated heterocycles. The van der Waals surface area contributed by atoms with Crippen LogP contribution in [-0.4, -0.2) is 61.9 Å². The summed E-state index contributed by atoms with van der Waals surface area (Å²) in [6.07, 6.45) is 1.97. The zero-order valence-electron chi connectivity index (χ0n) is 21.0. The molecule has 7 nitrogen and oxygen atoms in total. The van der Waals surface area contributed by atoms with Gasteiger partial charge in [0.2, 0.25) is 21.8 Å². The van der Waals surface area contributed by atoms with Crippen LogP contribution in [0.1, 0.15) is 16.7 Å². The van der Waals surface area contributed by atoms with E-state index in [2.05, 4.69) is 5.32 Å². The van der Waals surface area contributed by atoms with E-state index < -0.39 is 22.0 Å². The maximum absolute atomic E-state index is 13.6. The fraction of sp³-hybridized carbons (Fsp3) is 0.286. The highest BCUT2D eigenvalue weighted by atomic mass is 35.5. The van der Waals surface area contributed by atoms with Crippen molar-refractivity contribution in [1.29, 1.82) is 0 Å². The van der Waals surface area contributed by atoms with Crippen molar-refractivity contribution in [2.24, 2.45) is 0 Å². The first-order chi connectivity index (χ1) is 17.6. The van der Waals surface area contributed by atoms with Gasteiger partial charge in [0.1, 0.15) is 6.04 Å². The van der Waals surface area contributed by atoms with E-state index in [1.165, 1.54) is 11.9 Å². The molecule has 0 saturated carbocycles. The van der Waals surface area contributed by atoms with Crippen LogP contribution in [0, 0.1) is 0 Å². The lowest BCUT2D eigenvalue weighted by Crippen LogP contribution is -2.53. The lowest BCUT2D eigenvalue weighted by molar-refractivity contribution is -0.141. The third kappa shape index (κ3) is 9.00. The SMILES string of the molecule is CN(CC(=O)N(Cc1ccc(Cl)cc1)[C@H](Cc1ccccc1)C(=O)NCCc1ccccc1)S(C)(=O)=O. The Morgan fingerprint density at radius 1 is 0.865 bits per heavy atom. The van der Waals surface area contributed by atoms with Gasteiger partial charge in [0.15, 0.2) is 0 Å². The molecular formula is C28H32ClN3O4S. The first-order valence-electron chi connectivity index (χ1n) is 11.9. The average molecular weight is 542 g/mol. The number of nitrogens with one attached hydrogen (secondary N) is 1. The molecule has 0 aliphatic heterocycles. The third-order valence-electron chi connectivity index (χ3n) is 6.02. The van der Waals surface area contributed by atoms with Crippen LogP contribution in [0.25, 0.3) is 0 Å². The number of amides is 2. The summed E-state index contributed by atoms with van der Waals surface area (Å²) in [5.74, 6) is -0.772. The number of halogens is 1. The van der Waals surface area contributed by atoms with Crippen LogP contribution in [0.3, 0.4) is 0 Å². The largest absolute Gasteiger partial charge is 0.354 e. The molecule has 0 bridgehead atoms. The average Bonchev–Trinajstić information content (AvgIpc) is 2.87. The molecule has 0 aromatic heterocycles. The summed E-state index contributed by atoms with van der Waals surface area (Å²) in [6.45, 7) is 0.145. The predicted octanol–water partition coefficient (Wildman–Crippen LogP) is 3.53. The second-order valence-electron chi connectivity index (χ2n) is 8.90. The number of likely N-dealkylation sites (N-methyl/N-ethyl adjacent to an activating group) is 1. The summed E-state index contributed by atoms with van der Waals surface area (Å²) in [5, 5.41) is 3.53. The lowest BCUT2D eigenvalue weighted by atomic mass is 10.0. The number of hydrogen-bond acceptors (Lipinski definition) is 4. The molecule has 0 aliphatic carbocycles. The number of sulfonamides is 1. The van der Waals surface area contributed by atoms with Gasteiger partial charge < -0.3 is 10.2 Å². The molecule has 0 heterocycles. The predicted molar refractivity (Wildman–Crippen MR) is 147 cm³/mol. The Morgan fingerprint density at radius 2 is 1.43 bits per heavy atom. The van der Waals surface area contributed by atoms with E-state index in [1.807, 2.05) is 60.7 Å². The number of carbonyl (C=O) groups is 2. The maximum atomic E-state index is 13.6. The molecule has 0 unspecified atom stereocenters. The first kappa shape index (κ1) is 28.4. The zero-order chi connectivity index (χ0) is 26.8. The molecule has 3 aromatic rings. The van der Waals surface area contributed by atoms with Crippen LogP contribution in [0.5, 0.6) is 0 Å². The van der Waals surface area contributed by atoms with E-state index in [-0.39, 0.29) is 25.4 Å². The first-order valence-corrected chi connectivity index (χ1v) is 14.2. The monoisotopic (exact) mass is 541 g/mol. The van der Waals surface area contributed by atoms with Crippen molar-refractivity contribution < 1.29 is 18.0 Å². The number of benzene rings is 3. The van der Waals surface area contributed by atoms with Crippen LogP contribution < -0.4 is 5.32 Å². The molecule has 0 spiro atoms. The zero-order valence-corrected chi connectivity index (χ0v) is 22.6. The van der Waals surface area contributed by atoms with Crippen molar-refractivity contribution in [2.75, 3.05) is 26.4 Å². The van der Waals surface area contributed by atoms with Crippen LogP contribution in [-0.2, 0) is 39.0 Å². The van der Waals surface area contributed by atoms with Gasteiger partial charge in [-0.2, -0.15) is 4.31 Å². The molecule has 1 N–H and O–H groups in total. The summed E-state index contributed by atoms with van der Waals surface area (Å²) >= 11 is 6.04. The van der Waals surface area contributed by atoms with Gasteiger partial charge in [0, 0.05) is 31.6 Å². The fourth-order valence-corrected chi connectivity index (χ4v) is 4.30. The summed E-state index contributed by atoms with van der Waals surface area (Å²) in [4.78, 5) is 28.5. The van der Waals surface area contributed by atoms with Crippen LogP contribution in [0.15, 0.2) is 84.9 Å². The van der Waals surface area contributed by atoms with Crippen LogP contribution >= 0.6 is 11.6 Å². The molecule has 196 valence electrons. The van der Waals surface area contributed by atoms with Crippen molar-refractivity contribution in [3.63, 3.8) is 0 Å². The highest BCUT2D eigenvalue weighted by molar-refractivity contribution is 7.88. The number of hydrogen-bond donors (Lipinski definition) is 1. The number of nitrogens with zero attached hydrogens (tertiary/aromatic N) is 2. The molecule has 1 atom stereocenters. The smallest absolute Gasteiger partial charge is 0.243 e. The fourth-order valence-electron chi connectivity index (χ4n) is 3.83. The molecule has 3 aromatic carbocycles. The Labute approximate surface area is 224 Å². The van der Waals surface area contributed by atoms with Gasteiger partial charge in [-0.25, -0.2) is 8.42 Å². The Kier molecular flexibility index (Phi) is 10.3. The van der Waals surface area contributed by atoms with Gasteiger partial charge in [-0.15, -0.1) is 0 Å². The maximum Gasteiger partial charge on any atom is 0.243 e. The summed E-state index contributed by atoms with van der Waals surface area (Å²) < 4.78 is 25.0. The Hall–Kier alpha value is -3.20. The van der Waals surface area contributed by atoms with Crippen molar-refractivity contribution in [1.82, 2.24) is 14.5 Å². The summed E-state index contributed by atoms with van der Waals surface area (Å²) in [7, 11) is -2.24. The van der Waals surface area contributed by atoms with Crippen molar-refractivity contribution in [2.45, 2.75) is 25.4 Å². The van der Waals surface area contributed by atoms with E-state index in [9.17, 15) is 18.0 Å². The standard InChI is InChI=1S/C28H32ClN3O4S/c1-31(37(2,35)36)21-27(33)32(20-24-13-15-25(29)16-14-24)26(19-23-11-7-4-8-12-23)28(34)30-18-17-22-9-5-3-6-10-22/h3-16,26H,17-21H2,1-2H3,(H,30,34)/t26-/m1/s1. The van der Waals surface area contributed by atoms with E-state index in [4.69, 9.17) is 11.6 Å². The number of rotatable bonds is 12. The highest BCUT2D eigenvalue weighted by Crippen LogP contribution is 2.17. The second-order valence-corrected chi connectivity index (χ2v) is 11.4. The Balaban J connectivity index is 1.89. The molecule has 2 amide bonds. The minimum atomic E-state index is -3.59. The van der Waals surface area contributed by atoms with E-state index >= 15 is 0 Å². The normalized spacial score (nSPS) is 12.2.